The van der Waals surface area contributed by atoms with Crippen molar-refractivity contribution < 1.29 is 8.78 Å². The Morgan fingerprint density at radius 2 is 1.90 bits per heavy atom. The molecule has 0 amide bonds. The third-order valence-electron chi connectivity index (χ3n) is 3.01. The maximum atomic E-state index is 13.2. The van der Waals surface area contributed by atoms with Crippen molar-refractivity contribution in [2.24, 2.45) is 0 Å². The van der Waals surface area contributed by atoms with E-state index in [-0.39, 0.29) is 28.1 Å². The lowest BCUT2D eigenvalue weighted by Gasteiger charge is -2.11. The number of hydrogen-bond donors (Lipinski definition) is 1. The molecule has 116 valence electrons. The Morgan fingerprint density at radius 3 is 2.52 bits per heavy atom. The molecule has 1 aromatic heterocycles. The zero-order valence-corrected chi connectivity index (χ0v) is 13.3. The maximum Gasteiger partial charge on any atom is 0.262 e. The lowest BCUT2D eigenvalue weighted by atomic mass is 10.2. The monoisotopic (exact) mass is 335 g/mol. The van der Waals surface area contributed by atoms with Gasteiger partial charge in [0.2, 0.25) is 0 Å². The molecule has 4 nitrogen and oxygen atoms in total. The normalized spacial score (nSPS) is 10.9. The molecule has 0 aliphatic carbocycles. The van der Waals surface area contributed by atoms with Gasteiger partial charge < -0.3 is 9.88 Å². The van der Waals surface area contributed by atoms with Gasteiger partial charge in [0, 0.05) is 12.6 Å². The number of halogens is 3. The molecule has 1 N–H and O–H groups in total. The van der Waals surface area contributed by atoms with Gasteiger partial charge in [0.15, 0.2) is 16.4 Å². The van der Waals surface area contributed by atoms with Crippen LogP contribution in [0.3, 0.4) is 0 Å². The van der Waals surface area contributed by atoms with Crippen molar-refractivity contribution in [3.8, 4) is 0 Å². The second kappa shape index (κ2) is 7.11. The fourth-order valence-electron chi connectivity index (χ4n) is 2.00. The highest BCUT2D eigenvalue weighted by Gasteiger charge is 2.10. The van der Waals surface area contributed by atoms with Gasteiger partial charge in [-0.2, -0.15) is 0 Å². The molecule has 0 aliphatic rings. The van der Waals surface area contributed by atoms with Crippen LogP contribution in [0.1, 0.15) is 6.42 Å². The Kier molecular flexibility index (Phi) is 6.00. The number of aromatic nitrogens is 2. The van der Waals surface area contributed by atoms with Gasteiger partial charge in [0.25, 0.3) is 5.56 Å². The van der Waals surface area contributed by atoms with E-state index >= 15 is 0 Å². The Hall–Kier alpha value is -1.31. The number of H-pyrrole nitrogens is 1. The summed E-state index contributed by atoms with van der Waals surface area (Å²) in [7, 11) is 3.87. The minimum absolute atomic E-state index is 0. The van der Waals surface area contributed by atoms with Crippen LogP contribution in [-0.4, -0.2) is 35.1 Å². The molecule has 0 bridgehead atoms. The number of benzene rings is 1. The van der Waals surface area contributed by atoms with Crippen LogP contribution in [0.25, 0.3) is 10.9 Å². The van der Waals surface area contributed by atoms with Crippen molar-refractivity contribution in [3.05, 3.63) is 38.9 Å². The summed E-state index contributed by atoms with van der Waals surface area (Å²) in [5.41, 5.74) is -0.191. The van der Waals surface area contributed by atoms with Crippen molar-refractivity contribution >= 4 is 35.5 Å². The number of nitrogens with one attached hydrogen (secondary N) is 1. The van der Waals surface area contributed by atoms with E-state index < -0.39 is 17.2 Å². The quantitative estimate of drug-likeness (QED) is 0.873. The fraction of sp³-hybridized carbons (Fsp3) is 0.385. The average molecular weight is 336 g/mol. The topological polar surface area (TPSA) is 41.0 Å². The molecule has 8 heteroatoms. The van der Waals surface area contributed by atoms with Crippen LogP contribution >= 0.6 is 24.6 Å². The molecular formula is C13H16ClF2N3OS. The predicted molar refractivity (Wildman–Crippen MR) is 83.7 cm³/mol. The molecule has 0 unspecified atom stereocenters. The van der Waals surface area contributed by atoms with Crippen LogP contribution in [0.4, 0.5) is 8.78 Å². The van der Waals surface area contributed by atoms with Gasteiger partial charge in [-0.3, -0.25) is 9.36 Å². The average Bonchev–Trinajstić information content (AvgIpc) is 2.36. The third-order valence-corrected chi connectivity index (χ3v) is 3.33. The van der Waals surface area contributed by atoms with Crippen molar-refractivity contribution in [3.63, 3.8) is 0 Å². The van der Waals surface area contributed by atoms with Gasteiger partial charge in [-0.25, -0.2) is 8.78 Å². The highest BCUT2D eigenvalue weighted by Crippen LogP contribution is 2.13. The van der Waals surface area contributed by atoms with Crippen molar-refractivity contribution in [2.45, 2.75) is 13.0 Å². The SMILES string of the molecule is CN(C)CCCn1c(=S)[nH]c2cc(F)c(F)cc2c1=O.Cl. The van der Waals surface area contributed by atoms with Gasteiger partial charge in [0.05, 0.1) is 10.9 Å². The Bertz CT molecular complexity index is 757. The van der Waals surface area contributed by atoms with Gasteiger partial charge in [-0.1, -0.05) is 0 Å². The zero-order valence-electron chi connectivity index (χ0n) is 11.7. The fourth-order valence-corrected chi connectivity index (χ4v) is 2.28. The van der Waals surface area contributed by atoms with Crippen LogP contribution in [0.2, 0.25) is 0 Å². The first-order chi connectivity index (χ1) is 9.40. The van der Waals surface area contributed by atoms with E-state index in [9.17, 15) is 13.6 Å². The molecule has 21 heavy (non-hydrogen) atoms. The Labute approximate surface area is 131 Å². The van der Waals surface area contributed by atoms with Crippen LogP contribution in [0, 0.1) is 16.4 Å². The molecule has 0 saturated heterocycles. The highest BCUT2D eigenvalue weighted by molar-refractivity contribution is 7.71. The summed E-state index contributed by atoms with van der Waals surface area (Å²) in [6.45, 7) is 1.23. The summed E-state index contributed by atoms with van der Waals surface area (Å²) in [6.07, 6.45) is 0.736. The van der Waals surface area contributed by atoms with E-state index in [1.165, 1.54) is 4.57 Å². The van der Waals surface area contributed by atoms with Gasteiger partial charge in [-0.05, 0) is 45.3 Å². The van der Waals surface area contributed by atoms with Crippen LogP contribution < -0.4 is 5.56 Å². The number of nitrogens with zero attached hydrogens (tertiary/aromatic N) is 2. The molecule has 0 saturated carbocycles. The molecule has 0 atom stereocenters. The molecule has 1 heterocycles. The number of hydrogen-bond acceptors (Lipinski definition) is 3. The minimum atomic E-state index is -1.04. The standard InChI is InChI=1S/C13H15F2N3OS.ClH/c1-17(2)4-3-5-18-12(19)8-6-9(14)10(15)7-11(8)16-13(18)20;/h6-7H,3-5H2,1-2H3,(H,16,20);1H. The van der Waals surface area contributed by atoms with Crippen molar-refractivity contribution in [1.82, 2.24) is 14.5 Å². The van der Waals surface area contributed by atoms with Crippen LogP contribution in [0.5, 0.6) is 0 Å². The summed E-state index contributed by atoms with van der Waals surface area (Å²) >= 11 is 5.10. The van der Waals surface area contributed by atoms with Crippen molar-refractivity contribution in [1.29, 1.82) is 0 Å². The number of aromatic amines is 1. The lowest BCUT2D eigenvalue weighted by molar-refractivity contribution is 0.384. The summed E-state index contributed by atoms with van der Waals surface area (Å²) in [5.74, 6) is -2.05. The van der Waals surface area contributed by atoms with Gasteiger partial charge in [-0.15, -0.1) is 12.4 Å². The third kappa shape index (κ3) is 3.87. The van der Waals surface area contributed by atoms with E-state index in [1.54, 1.807) is 0 Å². The molecule has 2 aromatic rings. The van der Waals surface area contributed by atoms with Crippen molar-refractivity contribution in [2.75, 3.05) is 20.6 Å². The summed E-state index contributed by atoms with van der Waals surface area (Å²) < 4.78 is 28.0. The maximum absolute atomic E-state index is 13.2. The molecule has 0 fully saturated rings. The van der Waals surface area contributed by atoms with E-state index in [0.717, 1.165) is 25.1 Å². The predicted octanol–water partition coefficient (Wildman–Crippen LogP) is 2.71. The van der Waals surface area contributed by atoms with Crippen LogP contribution in [-0.2, 0) is 6.54 Å². The molecule has 2 rings (SSSR count). The summed E-state index contributed by atoms with van der Waals surface area (Å²) in [4.78, 5) is 17.0. The first kappa shape index (κ1) is 17.7. The Morgan fingerprint density at radius 1 is 1.29 bits per heavy atom. The van der Waals surface area contributed by atoms with Gasteiger partial charge in [0.1, 0.15) is 0 Å². The second-order valence-corrected chi connectivity index (χ2v) is 5.24. The molecule has 0 spiro atoms. The molecule has 0 radical (unpaired) electrons. The number of rotatable bonds is 4. The van der Waals surface area contributed by atoms with E-state index in [1.807, 2.05) is 19.0 Å². The summed E-state index contributed by atoms with van der Waals surface area (Å²) in [5, 5.41) is 0.0994. The summed E-state index contributed by atoms with van der Waals surface area (Å²) in [6, 6.07) is 1.85. The second-order valence-electron chi connectivity index (χ2n) is 4.86. The number of fused-ring (bicyclic) bond motifs is 1. The highest BCUT2D eigenvalue weighted by atomic mass is 35.5. The Balaban J connectivity index is 0.00000220. The molecule has 1 aromatic carbocycles. The van der Waals surface area contributed by atoms with Crippen LogP contribution in [0.15, 0.2) is 16.9 Å². The van der Waals surface area contributed by atoms with E-state index in [0.29, 0.717) is 6.54 Å². The first-order valence-corrected chi connectivity index (χ1v) is 6.57. The zero-order chi connectivity index (χ0) is 14.9. The van der Waals surface area contributed by atoms with E-state index in [4.69, 9.17) is 12.2 Å². The molecular weight excluding hydrogens is 320 g/mol. The first-order valence-electron chi connectivity index (χ1n) is 6.17. The van der Waals surface area contributed by atoms with E-state index in [2.05, 4.69) is 4.98 Å². The smallest absolute Gasteiger partial charge is 0.262 e. The largest absolute Gasteiger partial charge is 0.331 e. The minimum Gasteiger partial charge on any atom is -0.331 e. The molecule has 0 aliphatic heterocycles. The lowest BCUT2D eigenvalue weighted by Crippen LogP contribution is -2.24. The van der Waals surface area contributed by atoms with Gasteiger partial charge >= 0.3 is 0 Å².